The summed E-state index contributed by atoms with van der Waals surface area (Å²) in [5.41, 5.74) is 2.86. The predicted octanol–water partition coefficient (Wildman–Crippen LogP) is 5.95. The quantitative estimate of drug-likeness (QED) is 0.381. The minimum absolute atomic E-state index is 0.0868. The molecule has 1 saturated heterocycles. The molecule has 3 aromatic carbocycles. The van der Waals surface area contributed by atoms with Crippen molar-refractivity contribution in [3.8, 4) is 0 Å². The summed E-state index contributed by atoms with van der Waals surface area (Å²) in [5, 5.41) is 4.53. The van der Waals surface area contributed by atoms with Crippen molar-refractivity contribution in [3.63, 3.8) is 0 Å². The highest BCUT2D eigenvalue weighted by atomic mass is 35.5. The van der Waals surface area contributed by atoms with Gasteiger partial charge in [0.05, 0.1) is 10.0 Å². The third-order valence-electron chi connectivity index (χ3n) is 5.88. The molecule has 0 aliphatic carbocycles. The van der Waals surface area contributed by atoms with Crippen LogP contribution in [0.2, 0.25) is 10.0 Å². The van der Waals surface area contributed by atoms with Crippen molar-refractivity contribution in [2.24, 2.45) is 0 Å². The molecule has 0 radical (unpaired) electrons. The number of nitrogens with one attached hydrogen (secondary N) is 1. The Morgan fingerprint density at radius 2 is 1.56 bits per heavy atom. The number of halogens is 2. The van der Waals surface area contributed by atoms with Gasteiger partial charge in [-0.25, -0.2) is 0 Å². The molecular weight excluding hydrogens is 473 g/mol. The molecule has 0 unspecified atom stereocenters. The lowest BCUT2D eigenvalue weighted by Gasteiger charge is -2.35. The standard InChI is InChI=1S/C26H21Cl2N3O3/c27-21-10-5-18(15-22(21)28)25(32)29-19-6-8-20(9-7-19)30-11-13-31(14-12-30)26(33)24-16-17-3-1-2-4-23(17)34-24/h1-10,15-16H,11-14H2,(H,29,32). The number of furan rings is 1. The van der Waals surface area contributed by atoms with E-state index < -0.39 is 0 Å². The first-order valence-corrected chi connectivity index (χ1v) is 11.6. The van der Waals surface area contributed by atoms with E-state index in [2.05, 4.69) is 10.2 Å². The Balaban J connectivity index is 1.18. The normalized spacial score (nSPS) is 13.8. The highest BCUT2D eigenvalue weighted by Gasteiger charge is 2.24. The van der Waals surface area contributed by atoms with Gasteiger partial charge in [-0.1, -0.05) is 41.4 Å². The van der Waals surface area contributed by atoms with Crippen LogP contribution in [0.1, 0.15) is 20.9 Å². The maximum atomic E-state index is 12.9. The van der Waals surface area contributed by atoms with Crippen LogP contribution in [-0.4, -0.2) is 42.9 Å². The van der Waals surface area contributed by atoms with Gasteiger partial charge >= 0.3 is 0 Å². The van der Waals surface area contributed by atoms with Gasteiger partial charge in [-0.2, -0.15) is 0 Å². The van der Waals surface area contributed by atoms with Crippen molar-refractivity contribution in [2.75, 3.05) is 36.4 Å². The number of rotatable bonds is 4. The Hall–Kier alpha value is -3.48. The molecule has 1 aliphatic heterocycles. The molecule has 2 amide bonds. The number of fused-ring (bicyclic) bond motifs is 1. The first-order chi connectivity index (χ1) is 16.5. The van der Waals surface area contributed by atoms with Gasteiger partial charge in [0.15, 0.2) is 5.76 Å². The monoisotopic (exact) mass is 493 g/mol. The van der Waals surface area contributed by atoms with Crippen LogP contribution in [0.3, 0.4) is 0 Å². The second-order valence-electron chi connectivity index (χ2n) is 8.06. The summed E-state index contributed by atoms with van der Waals surface area (Å²) >= 11 is 11.9. The molecule has 172 valence electrons. The number of piperazine rings is 1. The predicted molar refractivity (Wildman–Crippen MR) is 135 cm³/mol. The maximum Gasteiger partial charge on any atom is 0.289 e. The van der Waals surface area contributed by atoms with E-state index in [4.69, 9.17) is 27.6 Å². The number of benzene rings is 3. The summed E-state index contributed by atoms with van der Waals surface area (Å²) in [5.74, 6) is 0.0250. The first-order valence-electron chi connectivity index (χ1n) is 10.9. The molecule has 1 aliphatic rings. The maximum absolute atomic E-state index is 12.9. The van der Waals surface area contributed by atoms with Crippen LogP contribution in [0.5, 0.6) is 0 Å². The van der Waals surface area contributed by atoms with Crippen LogP contribution < -0.4 is 10.2 Å². The van der Waals surface area contributed by atoms with E-state index in [1.54, 1.807) is 24.3 Å². The molecule has 0 atom stereocenters. The third-order valence-corrected chi connectivity index (χ3v) is 6.61. The number of anilines is 2. The topological polar surface area (TPSA) is 65.8 Å². The van der Waals surface area contributed by atoms with Gasteiger partial charge in [0, 0.05) is 48.5 Å². The molecule has 1 fully saturated rings. The number of carbonyl (C=O) groups excluding carboxylic acids is 2. The number of hydrogen-bond acceptors (Lipinski definition) is 4. The molecule has 6 nitrogen and oxygen atoms in total. The largest absolute Gasteiger partial charge is 0.451 e. The van der Waals surface area contributed by atoms with Crippen molar-refractivity contribution in [3.05, 3.63) is 94.2 Å². The lowest BCUT2D eigenvalue weighted by Crippen LogP contribution is -2.48. The Labute approximate surface area is 206 Å². The van der Waals surface area contributed by atoms with Crippen molar-refractivity contribution in [2.45, 2.75) is 0 Å². The van der Waals surface area contributed by atoms with Gasteiger partial charge in [-0.05, 0) is 54.6 Å². The van der Waals surface area contributed by atoms with Crippen LogP contribution in [0.4, 0.5) is 11.4 Å². The van der Waals surface area contributed by atoms with Crippen LogP contribution in [0.25, 0.3) is 11.0 Å². The fourth-order valence-electron chi connectivity index (χ4n) is 4.01. The van der Waals surface area contributed by atoms with Gasteiger partial charge in [-0.3, -0.25) is 9.59 Å². The summed E-state index contributed by atoms with van der Waals surface area (Å²) in [6.07, 6.45) is 0. The minimum atomic E-state index is -0.260. The van der Waals surface area contributed by atoms with Gasteiger partial charge in [0.25, 0.3) is 11.8 Å². The molecule has 0 spiro atoms. The Bertz CT molecular complexity index is 1330. The molecule has 2 heterocycles. The van der Waals surface area contributed by atoms with E-state index >= 15 is 0 Å². The molecule has 5 rings (SSSR count). The summed E-state index contributed by atoms with van der Waals surface area (Å²) in [7, 11) is 0. The smallest absolute Gasteiger partial charge is 0.289 e. The molecule has 0 bridgehead atoms. The van der Waals surface area contributed by atoms with Crippen LogP contribution in [-0.2, 0) is 0 Å². The average Bonchev–Trinajstić information content (AvgIpc) is 3.30. The zero-order valence-electron chi connectivity index (χ0n) is 18.1. The lowest BCUT2D eigenvalue weighted by molar-refractivity contribution is 0.0717. The van der Waals surface area contributed by atoms with E-state index in [0.29, 0.717) is 53.2 Å². The second kappa shape index (κ2) is 9.41. The number of para-hydroxylation sites is 1. The number of nitrogens with zero attached hydrogens (tertiary/aromatic N) is 2. The van der Waals surface area contributed by atoms with E-state index in [1.165, 1.54) is 0 Å². The van der Waals surface area contributed by atoms with Gasteiger partial charge < -0.3 is 19.5 Å². The molecule has 34 heavy (non-hydrogen) atoms. The second-order valence-corrected chi connectivity index (χ2v) is 8.87. The SMILES string of the molecule is O=C(Nc1ccc(N2CCN(C(=O)c3cc4ccccc4o3)CC2)cc1)c1ccc(Cl)c(Cl)c1. The minimum Gasteiger partial charge on any atom is -0.451 e. The zero-order chi connectivity index (χ0) is 23.7. The van der Waals surface area contributed by atoms with Crippen molar-refractivity contribution < 1.29 is 14.0 Å². The van der Waals surface area contributed by atoms with Crippen LogP contribution >= 0.6 is 23.2 Å². The third kappa shape index (κ3) is 4.60. The molecule has 0 saturated carbocycles. The molecule has 8 heteroatoms. The van der Waals surface area contributed by atoms with Crippen molar-refractivity contribution >= 4 is 57.4 Å². The van der Waals surface area contributed by atoms with Crippen LogP contribution in [0, 0.1) is 0 Å². The lowest BCUT2D eigenvalue weighted by atomic mass is 10.2. The van der Waals surface area contributed by atoms with Crippen LogP contribution in [0.15, 0.2) is 77.2 Å². The summed E-state index contributed by atoms with van der Waals surface area (Å²) in [6.45, 7) is 2.62. The average molecular weight is 494 g/mol. The number of amides is 2. The van der Waals surface area contributed by atoms with E-state index in [1.807, 2.05) is 53.4 Å². The van der Waals surface area contributed by atoms with Gasteiger partial charge in [0.1, 0.15) is 5.58 Å². The summed E-state index contributed by atoms with van der Waals surface area (Å²) in [6, 6.07) is 21.8. The Kier molecular flexibility index (Phi) is 6.18. The fraction of sp³-hybridized carbons (Fsp3) is 0.154. The molecule has 1 N–H and O–H groups in total. The Morgan fingerprint density at radius 3 is 2.26 bits per heavy atom. The van der Waals surface area contributed by atoms with E-state index in [0.717, 1.165) is 16.7 Å². The highest BCUT2D eigenvalue weighted by Crippen LogP contribution is 2.25. The molecular formula is C26H21Cl2N3O3. The molecule has 1 aromatic heterocycles. The number of carbonyl (C=O) groups is 2. The van der Waals surface area contributed by atoms with Crippen molar-refractivity contribution in [1.82, 2.24) is 4.90 Å². The van der Waals surface area contributed by atoms with Crippen molar-refractivity contribution in [1.29, 1.82) is 0 Å². The highest BCUT2D eigenvalue weighted by molar-refractivity contribution is 6.42. The van der Waals surface area contributed by atoms with E-state index in [9.17, 15) is 9.59 Å². The summed E-state index contributed by atoms with van der Waals surface area (Å²) in [4.78, 5) is 29.4. The molecule has 4 aromatic rings. The van der Waals surface area contributed by atoms with Gasteiger partial charge in [0.2, 0.25) is 0 Å². The first kappa shape index (κ1) is 22.3. The fourth-order valence-corrected chi connectivity index (χ4v) is 4.31. The summed E-state index contributed by atoms with van der Waals surface area (Å²) < 4.78 is 5.73. The zero-order valence-corrected chi connectivity index (χ0v) is 19.6. The van der Waals surface area contributed by atoms with E-state index in [-0.39, 0.29) is 11.8 Å². The van der Waals surface area contributed by atoms with Gasteiger partial charge in [-0.15, -0.1) is 0 Å². The Morgan fingerprint density at radius 1 is 0.824 bits per heavy atom. The number of hydrogen-bond donors (Lipinski definition) is 1.